The molecule has 6 rings (SSSR count). The number of primary amides is 2. The van der Waals surface area contributed by atoms with Crippen molar-refractivity contribution in [3.05, 3.63) is 87.2 Å². The number of aryl methyl sites for hydroxylation is 4. The van der Waals surface area contributed by atoms with E-state index in [2.05, 4.69) is 35.7 Å². The Balaban J connectivity index is 1.39. The minimum absolute atomic E-state index is 0.0275. The highest BCUT2D eigenvalue weighted by molar-refractivity contribution is 7.16. The molecule has 5 aromatic heterocycles. The molecular weight excluding hydrogens is 797 g/mol. The van der Waals surface area contributed by atoms with E-state index >= 15 is 0 Å². The lowest BCUT2D eigenvalue weighted by Gasteiger charge is -2.15. The number of hydrogen-bond donors (Lipinski definition) is 4. The lowest BCUT2D eigenvalue weighted by Crippen LogP contribution is -2.36. The van der Waals surface area contributed by atoms with Gasteiger partial charge in [-0.05, 0) is 37.5 Å². The van der Waals surface area contributed by atoms with E-state index in [0.29, 0.717) is 63.8 Å². The van der Waals surface area contributed by atoms with Gasteiger partial charge in [0.2, 0.25) is 35.2 Å². The molecule has 20 nitrogen and oxygen atoms in total. The summed E-state index contributed by atoms with van der Waals surface area (Å²) in [5, 5.41) is 4.19. The van der Waals surface area contributed by atoms with Gasteiger partial charge in [-0.2, -0.15) is 4.99 Å². The first kappa shape index (κ1) is 42.6. The van der Waals surface area contributed by atoms with Gasteiger partial charge in [0, 0.05) is 59.2 Å². The quantitative estimate of drug-likeness (QED) is 0.0583. The van der Waals surface area contributed by atoms with Crippen LogP contribution < -0.4 is 31.7 Å². The molecule has 0 aliphatic carbocycles. The summed E-state index contributed by atoms with van der Waals surface area (Å²) in [6.45, 7) is 7.34. The highest BCUT2D eigenvalue weighted by atomic mass is 32.1. The standard InChI is InChI=1S/C39H44N12O8S/c1-7-24-31(58-20(3)44-24)36(55)47-38-46-26-16-22(33(40)53)17-27(57-15-11-12-29(52)49(6)42-5)30(26)50(38)13-9-10-14-51-35-28(18-23(19-43-35)34(41)54)60-39(51)48-37(56)32-25(8-2)45-21(4)59-32/h9-10,16-19,42H,7-8,11-15H2,1-6H3,(H2,40,53)(H2,41,54)(H,46,47,55)/b10-9+,48-39-. The van der Waals surface area contributed by atoms with Gasteiger partial charge in [0.15, 0.2) is 22.2 Å². The molecule has 6 aromatic rings. The number of thiazole rings is 1. The van der Waals surface area contributed by atoms with E-state index in [1.54, 1.807) is 55.3 Å². The maximum atomic E-state index is 13.6. The zero-order valence-electron chi connectivity index (χ0n) is 33.8. The SMILES string of the molecule is CCc1nc(C)oc1C(=O)/N=c1\sc2cc(C(N)=O)cnc2n1C/C=C/Cn1c(NC(=O)c2oc(C)nc2CC)nc2cc(C(N)=O)cc(OCCCC(=O)N(C)NC)c21. The van der Waals surface area contributed by atoms with E-state index in [1.807, 2.05) is 13.8 Å². The van der Waals surface area contributed by atoms with Crippen molar-refractivity contribution in [2.45, 2.75) is 66.5 Å². The van der Waals surface area contributed by atoms with Gasteiger partial charge < -0.3 is 29.6 Å². The first-order valence-electron chi connectivity index (χ1n) is 18.9. The van der Waals surface area contributed by atoms with Gasteiger partial charge >= 0.3 is 5.91 Å². The number of anilines is 1. The molecule has 0 radical (unpaired) electrons. The third kappa shape index (κ3) is 9.16. The highest BCUT2D eigenvalue weighted by Crippen LogP contribution is 2.32. The van der Waals surface area contributed by atoms with Crippen LogP contribution in [0.3, 0.4) is 0 Å². The van der Waals surface area contributed by atoms with Crippen LogP contribution in [0.25, 0.3) is 21.4 Å². The van der Waals surface area contributed by atoms with E-state index in [-0.39, 0.29) is 71.2 Å². The predicted octanol–water partition coefficient (Wildman–Crippen LogP) is 3.36. The highest BCUT2D eigenvalue weighted by Gasteiger charge is 2.24. The Bertz CT molecular complexity index is 2740. The zero-order valence-corrected chi connectivity index (χ0v) is 34.6. The molecule has 0 fully saturated rings. The number of fused-ring (bicyclic) bond motifs is 2. The van der Waals surface area contributed by atoms with Crippen LogP contribution in [-0.2, 0) is 30.7 Å². The molecule has 5 amide bonds. The molecular formula is C39H44N12O8S. The molecule has 60 heavy (non-hydrogen) atoms. The minimum Gasteiger partial charge on any atom is -0.491 e. The Kier molecular flexibility index (Phi) is 13.0. The van der Waals surface area contributed by atoms with Crippen molar-refractivity contribution < 1.29 is 37.5 Å². The molecule has 0 aliphatic rings. The number of nitrogens with zero attached hydrogens (tertiary/aromatic N) is 8. The molecule has 0 aliphatic heterocycles. The Morgan fingerprint density at radius 1 is 0.917 bits per heavy atom. The van der Waals surface area contributed by atoms with Gasteiger partial charge in [-0.25, -0.2) is 25.4 Å². The number of carbonyl (C=O) groups excluding carboxylic acids is 5. The number of oxazole rings is 2. The second-order valence-electron chi connectivity index (χ2n) is 13.4. The lowest BCUT2D eigenvalue weighted by atomic mass is 10.1. The number of imidazole rings is 1. The number of benzene rings is 1. The van der Waals surface area contributed by atoms with Gasteiger partial charge in [-0.3, -0.25) is 38.9 Å². The van der Waals surface area contributed by atoms with Gasteiger partial charge in [-0.1, -0.05) is 37.3 Å². The number of pyridine rings is 1. The monoisotopic (exact) mass is 840 g/mol. The fourth-order valence-corrected chi connectivity index (χ4v) is 7.25. The van der Waals surface area contributed by atoms with Gasteiger partial charge in [0.1, 0.15) is 11.3 Å². The number of hydrazine groups is 1. The third-order valence-corrected chi connectivity index (χ3v) is 10.3. The summed E-state index contributed by atoms with van der Waals surface area (Å²) < 4.78 is 21.3. The second-order valence-corrected chi connectivity index (χ2v) is 14.4. The van der Waals surface area contributed by atoms with E-state index in [1.165, 1.54) is 23.3 Å². The number of rotatable bonds is 17. The van der Waals surface area contributed by atoms with E-state index in [4.69, 9.17) is 25.0 Å². The smallest absolute Gasteiger partial charge is 0.317 e. The van der Waals surface area contributed by atoms with Gasteiger partial charge in [0.05, 0.1) is 33.8 Å². The van der Waals surface area contributed by atoms with E-state index in [0.717, 1.165) is 11.3 Å². The van der Waals surface area contributed by atoms with Crippen molar-refractivity contribution >= 4 is 68.2 Å². The number of carbonyl (C=O) groups is 5. The average Bonchev–Trinajstić information content (AvgIpc) is 3.99. The number of nitrogens with two attached hydrogens (primary N) is 2. The predicted molar refractivity (Wildman–Crippen MR) is 219 cm³/mol. The molecule has 0 atom stereocenters. The minimum atomic E-state index is -0.724. The van der Waals surface area contributed by atoms with Gasteiger partial charge in [0.25, 0.3) is 5.91 Å². The largest absolute Gasteiger partial charge is 0.491 e. The molecule has 0 bridgehead atoms. The molecule has 0 saturated heterocycles. The number of ether oxygens (including phenoxy) is 1. The number of hydrogen-bond acceptors (Lipinski definition) is 14. The van der Waals surface area contributed by atoms with Crippen LogP contribution in [0.5, 0.6) is 5.75 Å². The van der Waals surface area contributed by atoms with Crippen LogP contribution >= 0.6 is 11.3 Å². The molecule has 314 valence electrons. The summed E-state index contributed by atoms with van der Waals surface area (Å²) in [4.78, 5) is 86.3. The zero-order chi connectivity index (χ0) is 43.2. The fraction of sp³-hybridized carbons (Fsp3) is 0.333. The van der Waals surface area contributed by atoms with Crippen molar-refractivity contribution in [2.75, 3.05) is 26.0 Å². The Labute approximate surface area is 346 Å². The van der Waals surface area contributed by atoms with E-state index < -0.39 is 23.6 Å². The summed E-state index contributed by atoms with van der Waals surface area (Å²) in [6.07, 6.45) is 6.37. The van der Waals surface area contributed by atoms with Crippen LogP contribution in [0.15, 0.2) is 50.4 Å². The third-order valence-electron chi connectivity index (χ3n) is 9.24. The number of amides is 5. The molecule has 0 unspecified atom stereocenters. The van der Waals surface area contributed by atoms with Gasteiger partial charge in [-0.15, -0.1) is 0 Å². The molecule has 5 heterocycles. The summed E-state index contributed by atoms with van der Waals surface area (Å²) >= 11 is 1.14. The first-order chi connectivity index (χ1) is 28.7. The number of aromatic nitrogens is 6. The fourth-order valence-electron chi connectivity index (χ4n) is 6.22. The molecule has 1 aromatic carbocycles. The summed E-state index contributed by atoms with van der Waals surface area (Å²) in [5.41, 5.74) is 16.4. The van der Waals surface area contributed by atoms with Crippen LogP contribution in [0, 0.1) is 13.8 Å². The van der Waals surface area contributed by atoms with Crippen LogP contribution in [-0.4, -0.2) is 84.3 Å². The van der Waals surface area contributed by atoms with Crippen molar-refractivity contribution in [2.24, 2.45) is 16.5 Å². The van der Waals surface area contributed by atoms with Crippen LogP contribution in [0.4, 0.5) is 5.95 Å². The van der Waals surface area contributed by atoms with Crippen molar-refractivity contribution in [1.29, 1.82) is 0 Å². The number of nitrogens with one attached hydrogen (secondary N) is 2. The molecule has 6 N–H and O–H groups in total. The average molecular weight is 841 g/mol. The normalized spacial score (nSPS) is 11.9. The lowest BCUT2D eigenvalue weighted by molar-refractivity contribution is -0.132. The van der Waals surface area contributed by atoms with E-state index in [9.17, 15) is 24.0 Å². The Morgan fingerprint density at radius 2 is 1.57 bits per heavy atom. The van der Waals surface area contributed by atoms with Crippen LogP contribution in [0.1, 0.15) is 91.7 Å². The first-order valence-corrected chi connectivity index (χ1v) is 19.7. The maximum absolute atomic E-state index is 13.6. The van der Waals surface area contributed by atoms with Crippen LogP contribution in [0.2, 0.25) is 0 Å². The summed E-state index contributed by atoms with van der Waals surface area (Å²) in [6, 6.07) is 4.56. The van der Waals surface area contributed by atoms with Crippen molar-refractivity contribution in [1.82, 2.24) is 39.5 Å². The molecule has 21 heteroatoms. The Morgan fingerprint density at radius 3 is 2.22 bits per heavy atom. The topological polar surface area (TPSA) is 274 Å². The van der Waals surface area contributed by atoms with Crippen molar-refractivity contribution in [3.8, 4) is 5.75 Å². The molecule has 0 saturated carbocycles. The maximum Gasteiger partial charge on any atom is 0.317 e. The summed E-state index contributed by atoms with van der Waals surface area (Å²) in [7, 11) is 3.25. The number of allylic oxidation sites excluding steroid dienone is 2. The Hall–Kier alpha value is -7.00. The second kappa shape index (κ2) is 18.3. The van der Waals surface area contributed by atoms with Crippen molar-refractivity contribution in [3.63, 3.8) is 0 Å². The summed E-state index contributed by atoms with van der Waals surface area (Å²) in [5.74, 6) is -1.71. The molecule has 0 spiro atoms.